The van der Waals surface area contributed by atoms with Gasteiger partial charge in [-0.25, -0.2) is 8.42 Å². The van der Waals surface area contributed by atoms with Crippen LogP contribution in [0.15, 0.2) is 58.4 Å². The van der Waals surface area contributed by atoms with Crippen LogP contribution in [-0.2, 0) is 27.4 Å². The van der Waals surface area contributed by atoms with Crippen molar-refractivity contribution in [3.05, 3.63) is 65.2 Å². The van der Waals surface area contributed by atoms with Crippen LogP contribution in [0.5, 0.6) is 0 Å². The maximum atomic E-state index is 12.5. The molecule has 28 heavy (non-hydrogen) atoms. The summed E-state index contributed by atoms with van der Waals surface area (Å²) in [7, 11) is -3.66. The molecular formula is C18H16F3N3O3S. The highest BCUT2D eigenvalue weighted by Gasteiger charge is 2.30. The van der Waals surface area contributed by atoms with Crippen molar-refractivity contribution in [1.29, 1.82) is 0 Å². The Kier molecular flexibility index (Phi) is 5.41. The van der Waals surface area contributed by atoms with Crippen molar-refractivity contribution in [1.82, 2.24) is 10.0 Å². The number of amidine groups is 1. The van der Waals surface area contributed by atoms with Gasteiger partial charge in [0.1, 0.15) is 12.4 Å². The molecule has 1 aliphatic rings. The van der Waals surface area contributed by atoms with E-state index in [1.54, 1.807) is 18.2 Å². The van der Waals surface area contributed by atoms with E-state index in [9.17, 15) is 26.4 Å². The molecule has 6 nitrogen and oxygen atoms in total. The number of amides is 1. The minimum atomic E-state index is -4.38. The molecule has 0 radical (unpaired) electrons. The second kappa shape index (κ2) is 7.63. The third-order valence-corrected chi connectivity index (χ3v) is 5.46. The summed E-state index contributed by atoms with van der Waals surface area (Å²) in [5.74, 6) is -0.323. The summed E-state index contributed by atoms with van der Waals surface area (Å²) >= 11 is 0. The van der Waals surface area contributed by atoms with E-state index in [1.165, 1.54) is 18.2 Å². The molecule has 2 aromatic carbocycles. The molecule has 10 heteroatoms. The van der Waals surface area contributed by atoms with Gasteiger partial charge in [0, 0.05) is 12.1 Å². The fraction of sp³-hybridized carbons (Fsp3) is 0.222. The lowest BCUT2D eigenvalue weighted by molar-refractivity contribution is -0.137. The van der Waals surface area contributed by atoms with Crippen molar-refractivity contribution in [2.45, 2.75) is 17.5 Å². The van der Waals surface area contributed by atoms with Crippen molar-refractivity contribution >= 4 is 21.8 Å². The largest absolute Gasteiger partial charge is 0.416 e. The molecule has 0 aromatic heterocycles. The van der Waals surface area contributed by atoms with Crippen LogP contribution in [0.2, 0.25) is 0 Å². The highest BCUT2D eigenvalue weighted by atomic mass is 32.2. The normalized spacial score (nSPS) is 16.5. The topological polar surface area (TPSA) is 87.6 Å². The van der Waals surface area contributed by atoms with E-state index in [0.717, 1.165) is 12.1 Å². The number of hydrogen-bond donors (Lipinski definition) is 2. The zero-order chi connectivity index (χ0) is 20.4. The van der Waals surface area contributed by atoms with Crippen LogP contribution in [-0.4, -0.2) is 33.3 Å². The number of sulfonamides is 1. The SMILES string of the molecule is O=C(CN=C1NS(=O)(=O)c2ccccc21)NCCc1ccc(C(F)(F)F)cc1. The maximum absolute atomic E-state index is 12.5. The van der Waals surface area contributed by atoms with E-state index < -0.39 is 27.7 Å². The Bertz CT molecular complexity index is 1020. The first kappa shape index (κ1) is 19.9. The number of nitrogens with zero attached hydrogens (tertiary/aromatic N) is 1. The van der Waals surface area contributed by atoms with E-state index in [4.69, 9.17) is 0 Å². The lowest BCUT2D eigenvalue weighted by Gasteiger charge is -2.08. The number of nitrogens with one attached hydrogen (secondary N) is 2. The van der Waals surface area contributed by atoms with Crippen molar-refractivity contribution < 1.29 is 26.4 Å². The van der Waals surface area contributed by atoms with Gasteiger partial charge < -0.3 is 5.32 Å². The molecule has 0 aliphatic carbocycles. The molecule has 148 valence electrons. The Balaban J connectivity index is 1.52. The molecule has 1 heterocycles. The number of carbonyl (C=O) groups is 1. The van der Waals surface area contributed by atoms with Gasteiger partial charge in [-0.2, -0.15) is 13.2 Å². The number of carbonyl (C=O) groups excluding carboxylic acids is 1. The zero-order valence-electron chi connectivity index (χ0n) is 14.5. The Morgan fingerprint density at radius 1 is 1.07 bits per heavy atom. The standard InChI is InChI=1S/C18H16F3N3O3S/c19-18(20,21)13-7-5-12(6-8-13)9-10-22-16(25)11-23-17-14-3-1-2-4-15(14)28(26,27)24-17/h1-8H,9-11H2,(H,22,25)(H,23,24). The van der Waals surface area contributed by atoms with Gasteiger partial charge in [0.25, 0.3) is 10.0 Å². The van der Waals surface area contributed by atoms with Crippen molar-refractivity contribution in [2.24, 2.45) is 4.99 Å². The first-order valence-corrected chi connectivity index (χ1v) is 9.75. The molecule has 0 atom stereocenters. The minimum absolute atomic E-state index is 0.105. The monoisotopic (exact) mass is 411 g/mol. The number of rotatable bonds is 5. The molecule has 0 saturated carbocycles. The van der Waals surface area contributed by atoms with Crippen molar-refractivity contribution in [3.8, 4) is 0 Å². The van der Waals surface area contributed by atoms with Crippen molar-refractivity contribution in [3.63, 3.8) is 0 Å². The number of fused-ring (bicyclic) bond motifs is 1. The molecule has 3 rings (SSSR count). The zero-order valence-corrected chi connectivity index (χ0v) is 15.3. The first-order valence-electron chi connectivity index (χ1n) is 8.26. The average Bonchev–Trinajstić information content (AvgIpc) is 2.91. The second-order valence-electron chi connectivity index (χ2n) is 6.06. The van der Waals surface area contributed by atoms with Crippen LogP contribution in [0.1, 0.15) is 16.7 Å². The number of hydrogen-bond acceptors (Lipinski definition) is 4. The Hall–Kier alpha value is -2.88. The third-order valence-electron chi connectivity index (χ3n) is 4.06. The van der Waals surface area contributed by atoms with Gasteiger partial charge >= 0.3 is 6.18 Å². The number of alkyl halides is 3. The number of benzene rings is 2. The van der Waals surface area contributed by atoms with Crippen molar-refractivity contribution in [2.75, 3.05) is 13.1 Å². The molecular weight excluding hydrogens is 395 g/mol. The van der Waals surface area contributed by atoms with Gasteiger partial charge in [0.05, 0.1) is 10.5 Å². The number of halogens is 3. The minimum Gasteiger partial charge on any atom is -0.354 e. The van der Waals surface area contributed by atoms with Gasteiger partial charge in [0.15, 0.2) is 0 Å². The third kappa shape index (κ3) is 4.50. The van der Waals surface area contributed by atoms with E-state index >= 15 is 0 Å². The van der Waals surface area contributed by atoms with Crippen LogP contribution in [0.25, 0.3) is 0 Å². The lowest BCUT2D eigenvalue weighted by Crippen LogP contribution is -2.29. The molecule has 1 aliphatic heterocycles. The highest BCUT2D eigenvalue weighted by molar-refractivity contribution is 7.90. The summed E-state index contributed by atoms with van der Waals surface area (Å²) in [6.07, 6.45) is -4.03. The predicted octanol–water partition coefficient (Wildman–Crippen LogP) is 2.10. The van der Waals surface area contributed by atoms with Crippen LogP contribution < -0.4 is 10.0 Å². The Morgan fingerprint density at radius 2 is 1.75 bits per heavy atom. The van der Waals surface area contributed by atoms with E-state index in [1.807, 2.05) is 0 Å². The van der Waals surface area contributed by atoms with Crippen LogP contribution in [0.3, 0.4) is 0 Å². The molecule has 0 unspecified atom stereocenters. The van der Waals surface area contributed by atoms with Gasteiger partial charge in [0.2, 0.25) is 5.91 Å². The molecule has 0 bridgehead atoms. The van der Waals surface area contributed by atoms with Crippen LogP contribution in [0.4, 0.5) is 13.2 Å². The molecule has 1 amide bonds. The van der Waals surface area contributed by atoms with Crippen LogP contribution in [0, 0.1) is 0 Å². The van der Waals surface area contributed by atoms with Gasteiger partial charge in [-0.3, -0.25) is 14.5 Å². The fourth-order valence-electron chi connectivity index (χ4n) is 2.66. The molecule has 2 aromatic rings. The summed E-state index contributed by atoms with van der Waals surface area (Å²) in [4.78, 5) is 16.0. The fourth-order valence-corrected chi connectivity index (χ4v) is 3.92. The summed E-state index contributed by atoms with van der Waals surface area (Å²) in [5, 5.41) is 2.60. The lowest BCUT2D eigenvalue weighted by atomic mass is 10.1. The number of aliphatic imine (C=N–C) groups is 1. The quantitative estimate of drug-likeness (QED) is 0.790. The highest BCUT2D eigenvalue weighted by Crippen LogP contribution is 2.29. The van der Waals surface area contributed by atoms with Gasteiger partial charge in [-0.15, -0.1) is 0 Å². The molecule has 0 saturated heterocycles. The smallest absolute Gasteiger partial charge is 0.354 e. The Morgan fingerprint density at radius 3 is 2.43 bits per heavy atom. The molecule has 2 N–H and O–H groups in total. The summed E-state index contributed by atoms with van der Waals surface area (Å²) in [5.41, 5.74) is 0.326. The first-order chi connectivity index (χ1) is 13.2. The van der Waals surface area contributed by atoms with E-state index in [2.05, 4.69) is 15.0 Å². The van der Waals surface area contributed by atoms with Gasteiger partial charge in [-0.05, 0) is 36.2 Å². The maximum Gasteiger partial charge on any atom is 0.416 e. The summed E-state index contributed by atoms with van der Waals surface area (Å²) in [6, 6.07) is 11.0. The van der Waals surface area contributed by atoms with E-state index in [-0.39, 0.29) is 23.8 Å². The van der Waals surface area contributed by atoms with Gasteiger partial charge in [-0.1, -0.05) is 24.3 Å². The second-order valence-corrected chi connectivity index (χ2v) is 7.71. The molecule has 0 fully saturated rings. The molecule has 0 spiro atoms. The van der Waals surface area contributed by atoms with E-state index in [0.29, 0.717) is 17.5 Å². The summed E-state index contributed by atoms with van der Waals surface area (Å²) < 4.78 is 63.8. The predicted molar refractivity (Wildman–Crippen MR) is 96.3 cm³/mol. The average molecular weight is 411 g/mol. The summed E-state index contributed by atoms with van der Waals surface area (Å²) in [6.45, 7) is -0.0590. The Labute approximate surface area is 159 Å². The van der Waals surface area contributed by atoms with Crippen LogP contribution >= 0.6 is 0 Å².